The number of aryl methyl sites for hydroxylation is 1. The summed E-state index contributed by atoms with van der Waals surface area (Å²) in [5, 5.41) is 2.98. The summed E-state index contributed by atoms with van der Waals surface area (Å²) in [6.45, 7) is 2.98. The van der Waals surface area contributed by atoms with Crippen LogP contribution < -0.4 is 10.9 Å². The minimum absolute atomic E-state index is 0.00423. The smallest absolute Gasteiger partial charge is 0.379 e. The van der Waals surface area contributed by atoms with E-state index in [1.165, 1.54) is 49.1 Å². The largest absolute Gasteiger partial charge is 0.416 e. The molecule has 0 aliphatic carbocycles. The highest BCUT2D eigenvalue weighted by atomic mass is 19.4. The van der Waals surface area contributed by atoms with Crippen molar-refractivity contribution in [2.45, 2.75) is 45.1 Å². The third-order valence-corrected chi connectivity index (χ3v) is 6.53. The second-order valence-corrected chi connectivity index (χ2v) is 9.16. The van der Waals surface area contributed by atoms with Crippen molar-refractivity contribution in [1.29, 1.82) is 0 Å². The van der Waals surface area contributed by atoms with E-state index in [9.17, 15) is 35.9 Å². The lowest BCUT2D eigenvalue weighted by molar-refractivity contribution is -0.183. The number of hydrogen-bond donors (Lipinski definition) is 2. The number of fused-ring (bicyclic) bond motifs is 1. The van der Waals surface area contributed by atoms with Gasteiger partial charge in [-0.3, -0.25) is 9.59 Å². The van der Waals surface area contributed by atoms with Gasteiger partial charge in [-0.25, -0.2) is 4.98 Å². The molecule has 1 fully saturated rings. The highest BCUT2D eigenvalue weighted by Crippen LogP contribution is 2.37. The van der Waals surface area contributed by atoms with Crippen molar-refractivity contribution in [1.82, 2.24) is 14.9 Å². The Morgan fingerprint density at radius 2 is 1.70 bits per heavy atom. The van der Waals surface area contributed by atoms with Crippen molar-refractivity contribution in [3.63, 3.8) is 0 Å². The fraction of sp³-hybridized carbons (Fsp3) is 0.400. The molecule has 12 heteroatoms. The highest BCUT2D eigenvalue weighted by molar-refractivity contribution is 5.94. The third kappa shape index (κ3) is 5.72. The Hall–Kier alpha value is -3.57. The van der Waals surface area contributed by atoms with Gasteiger partial charge in [-0.2, -0.15) is 26.3 Å². The zero-order chi connectivity index (χ0) is 27.1. The first kappa shape index (κ1) is 26.5. The van der Waals surface area contributed by atoms with Gasteiger partial charge in [0.1, 0.15) is 5.82 Å². The van der Waals surface area contributed by atoms with Crippen LogP contribution in [0.5, 0.6) is 0 Å². The summed E-state index contributed by atoms with van der Waals surface area (Å²) in [7, 11) is 0. The number of anilines is 1. The fourth-order valence-corrected chi connectivity index (χ4v) is 4.55. The van der Waals surface area contributed by atoms with Gasteiger partial charge in [-0.15, -0.1) is 0 Å². The molecule has 6 nitrogen and oxygen atoms in total. The molecule has 2 aromatic carbocycles. The predicted molar refractivity (Wildman–Crippen MR) is 125 cm³/mol. The van der Waals surface area contributed by atoms with Crippen molar-refractivity contribution < 1.29 is 31.1 Å². The zero-order valence-corrected chi connectivity index (χ0v) is 19.9. The van der Waals surface area contributed by atoms with Gasteiger partial charge in [0.05, 0.1) is 22.4 Å². The molecule has 0 spiro atoms. The molecule has 0 radical (unpaired) electrons. The number of piperidine rings is 1. The van der Waals surface area contributed by atoms with Crippen LogP contribution in [0.1, 0.15) is 53.1 Å². The summed E-state index contributed by atoms with van der Waals surface area (Å²) in [6, 6.07) is 7.12. The van der Waals surface area contributed by atoms with Gasteiger partial charge in [0.25, 0.3) is 11.5 Å². The van der Waals surface area contributed by atoms with E-state index in [0.717, 1.165) is 6.07 Å². The number of H-pyrrole nitrogens is 1. The monoisotopic (exact) mass is 526 g/mol. The van der Waals surface area contributed by atoms with Gasteiger partial charge >= 0.3 is 12.4 Å². The molecular formula is C25H24F6N4O2. The molecular weight excluding hydrogens is 502 g/mol. The van der Waals surface area contributed by atoms with Crippen LogP contribution in [0.2, 0.25) is 0 Å². The second kappa shape index (κ2) is 9.71. The number of nitrogens with one attached hydrogen (secondary N) is 2. The molecule has 198 valence electrons. The van der Waals surface area contributed by atoms with Crippen LogP contribution in [0.4, 0.5) is 32.0 Å². The van der Waals surface area contributed by atoms with E-state index < -0.39 is 41.3 Å². The van der Waals surface area contributed by atoms with E-state index in [1.807, 2.05) is 0 Å². The normalized spacial score (nSPS) is 16.2. The SMILES string of the molecule is Cc1nc2cc(C(F)(F)F)c([C@H](C)Nc3ccc(C(=O)N4CCC(C(F)(F)F)CC4)cc3)cc2c(=O)[nH]1. The van der Waals surface area contributed by atoms with E-state index >= 15 is 0 Å². The van der Waals surface area contributed by atoms with Crippen molar-refractivity contribution in [2.24, 2.45) is 5.92 Å². The number of aromatic nitrogens is 2. The number of hydrogen-bond acceptors (Lipinski definition) is 4. The van der Waals surface area contributed by atoms with Gasteiger partial charge in [0.2, 0.25) is 0 Å². The lowest BCUT2D eigenvalue weighted by Gasteiger charge is -2.33. The Morgan fingerprint density at radius 1 is 1.08 bits per heavy atom. The summed E-state index contributed by atoms with van der Waals surface area (Å²) < 4.78 is 80.1. The number of halogens is 6. The second-order valence-electron chi connectivity index (χ2n) is 9.16. The standard InChI is InChI=1S/C25H24F6N4O2/c1-13(18-11-19-21(12-20(18)25(29,30)31)33-14(2)34-22(19)36)32-17-5-3-15(4-6-17)23(37)35-9-7-16(8-10-35)24(26,27)28/h3-6,11-13,16,32H,7-10H2,1-2H3,(H,33,34,36)/t13-/m0/s1. The molecule has 1 amide bonds. The Morgan fingerprint density at radius 3 is 2.27 bits per heavy atom. The lowest BCUT2D eigenvalue weighted by atomic mass is 9.96. The molecule has 1 aliphatic heterocycles. The van der Waals surface area contributed by atoms with Crippen LogP contribution in [0.25, 0.3) is 10.9 Å². The van der Waals surface area contributed by atoms with E-state index in [-0.39, 0.29) is 53.8 Å². The number of amides is 1. The third-order valence-electron chi connectivity index (χ3n) is 6.53. The molecule has 2 N–H and O–H groups in total. The number of carbonyl (C=O) groups excluding carboxylic acids is 1. The maximum atomic E-state index is 13.8. The van der Waals surface area contributed by atoms with Crippen LogP contribution >= 0.6 is 0 Å². The molecule has 0 saturated carbocycles. The van der Waals surface area contributed by atoms with E-state index in [4.69, 9.17) is 0 Å². The number of likely N-dealkylation sites (tertiary alicyclic amines) is 1. The molecule has 3 aromatic rings. The van der Waals surface area contributed by atoms with Crippen LogP contribution in [0.15, 0.2) is 41.2 Å². The first-order valence-corrected chi connectivity index (χ1v) is 11.6. The summed E-state index contributed by atoms with van der Waals surface area (Å²) in [6.07, 6.45) is -9.28. The molecule has 2 heterocycles. The summed E-state index contributed by atoms with van der Waals surface area (Å²) in [4.78, 5) is 32.9. The Kier molecular flexibility index (Phi) is 6.95. The number of aromatic amines is 1. The van der Waals surface area contributed by atoms with Crippen molar-refractivity contribution in [3.05, 3.63) is 69.3 Å². The average Bonchev–Trinajstić information content (AvgIpc) is 2.82. The van der Waals surface area contributed by atoms with Gasteiger partial charge in [-0.05, 0) is 68.7 Å². The maximum absolute atomic E-state index is 13.8. The van der Waals surface area contributed by atoms with E-state index in [1.54, 1.807) is 0 Å². The predicted octanol–water partition coefficient (Wildman–Crippen LogP) is 5.84. The summed E-state index contributed by atoms with van der Waals surface area (Å²) in [5.74, 6) is -1.63. The van der Waals surface area contributed by atoms with Crippen molar-refractivity contribution in [3.8, 4) is 0 Å². The Labute approximate surface area is 207 Å². The van der Waals surface area contributed by atoms with Gasteiger partial charge in [0, 0.05) is 30.4 Å². The molecule has 1 aliphatic rings. The van der Waals surface area contributed by atoms with Gasteiger partial charge < -0.3 is 15.2 Å². The number of benzene rings is 2. The molecule has 37 heavy (non-hydrogen) atoms. The summed E-state index contributed by atoms with van der Waals surface area (Å²) >= 11 is 0. The number of carbonyl (C=O) groups is 1. The number of nitrogens with zero attached hydrogens (tertiary/aromatic N) is 2. The fourth-order valence-electron chi connectivity index (χ4n) is 4.55. The molecule has 4 rings (SSSR count). The van der Waals surface area contributed by atoms with Crippen LogP contribution in [0, 0.1) is 12.8 Å². The topological polar surface area (TPSA) is 78.1 Å². The molecule has 1 atom stereocenters. The Balaban J connectivity index is 1.52. The lowest BCUT2D eigenvalue weighted by Crippen LogP contribution is -2.42. The average molecular weight is 526 g/mol. The number of alkyl halides is 6. The minimum atomic E-state index is -4.69. The van der Waals surface area contributed by atoms with Crippen LogP contribution in [0.3, 0.4) is 0 Å². The Bertz CT molecular complexity index is 1360. The van der Waals surface area contributed by atoms with E-state index in [0.29, 0.717) is 5.69 Å². The van der Waals surface area contributed by atoms with Crippen molar-refractivity contribution in [2.75, 3.05) is 18.4 Å². The zero-order valence-electron chi connectivity index (χ0n) is 19.9. The first-order chi connectivity index (χ1) is 17.2. The quantitative estimate of drug-likeness (QED) is 0.419. The minimum Gasteiger partial charge on any atom is -0.379 e. The first-order valence-electron chi connectivity index (χ1n) is 11.6. The molecule has 0 bridgehead atoms. The van der Waals surface area contributed by atoms with E-state index in [2.05, 4.69) is 15.3 Å². The van der Waals surface area contributed by atoms with Crippen LogP contribution in [-0.2, 0) is 6.18 Å². The highest BCUT2D eigenvalue weighted by Gasteiger charge is 2.41. The molecule has 0 unspecified atom stereocenters. The molecule has 1 aromatic heterocycles. The maximum Gasteiger partial charge on any atom is 0.416 e. The molecule has 1 saturated heterocycles. The van der Waals surface area contributed by atoms with Crippen molar-refractivity contribution >= 4 is 22.5 Å². The van der Waals surface area contributed by atoms with Gasteiger partial charge in [0.15, 0.2) is 0 Å². The van der Waals surface area contributed by atoms with Gasteiger partial charge in [-0.1, -0.05) is 0 Å². The summed E-state index contributed by atoms with van der Waals surface area (Å²) in [5.41, 5.74) is -1.00. The number of rotatable bonds is 4. The van der Waals surface area contributed by atoms with Crippen LogP contribution in [-0.4, -0.2) is 40.0 Å².